The fourth-order valence-electron chi connectivity index (χ4n) is 2.92. The Balaban J connectivity index is 1.63. The quantitative estimate of drug-likeness (QED) is 0.489. The summed E-state index contributed by atoms with van der Waals surface area (Å²) in [5, 5.41) is 9.31. The van der Waals surface area contributed by atoms with Crippen LogP contribution in [0.25, 0.3) is 22.5 Å². The molecule has 0 N–H and O–H groups in total. The van der Waals surface area contributed by atoms with E-state index in [4.69, 9.17) is 4.74 Å². The molecule has 0 saturated heterocycles. The molecule has 4 heterocycles. The van der Waals surface area contributed by atoms with Crippen molar-refractivity contribution in [3.05, 3.63) is 60.4 Å². The Kier molecular flexibility index (Phi) is 3.32. The number of aryl methyl sites for hydroxylation is 2. The zero-order chi connectivity index (χ0) is 18.4. The number of hydrogen-bond donors (Lipinski definition) is 0. The monoisotopic (exact) mass is 358 g/mol. The molecule has 9 heteroatoms. The van der Waals surface area contributed by atoms with Gasteiger partial charge in [-0.2, -0.15) is 19.7 Å². The van der Waals surface area contributed by atoms with Gasteiger partial charge in [-0.05, 0) is 31.5 Å². The Morgan fingerprint density at radius 1 is 0.963 bits per heavy atom. The summed E-state index contributed by atoms with van der Waals surface area (Å²) in [6, 6.07) is 9.82. The summed E-state index contributed by atoms with van der Waals surface area (Å²) in [5.74, 6) is 1.32. The lowest BCUT2D eigenvalue weighted by atomic mass is 10.2. The van der Waals surface area contributed by atoms with Crippen LogP contribution in [0.3, 0.4) is 0 Å². The third-order valence-corrected chi connectivity index (χ3v) is 4.12. The van der Waals surface area contributed by atoms with Gasteiger partial charge in [0.05, 0.1) is 11.9 Å². The minimum Gasteiger partial charge on any atom is -0.420 e. The maximum atomic E-state index is 6.03. The smallest absolute Gasteiger partial charge is 0.255 e. The van der Waals surface area contributed by atoms with Crippen molar-refractivity contribution in [3.8, 4) is 17.4 Å². The van der Waals surface area contributed by atoms with Crippen LogP contribution in [0.2, 0.25) is 0 Å². The molecule has 9 nitrogen and oxygen atoms in total. The first-order valence-corrected chi connectivity index (χ1v) is 8.30. The van der Waals surface area contributed by atoms with E-state index in [1.54, 1.807) is 16.9 Å². The molecule has 27 heavy (non-hydrogen) atoms. The first-order valence-electron chi connectivity index (χ1n) is 8.30. The molecule has 0 spiro atoms. The van der Waals surface area contributed by atoms with E-state index in [1.165, 1.54) is 17.2 Å². The third kappa shape index (κ3) is 2.56. The van der Waals surface area contributed by atoms with Crippen LogP contribution in [0, 0.1) is 13.8 Å². The normalized spacial score (nSPS) is 11.3. The van der Waals surface area contributed by atoms with Crippen LogP contribution in [0.15, 0.2) is 49.2 Å². The van der Waals surface area contributed by atoms with E-state index in [-0.39, 0.29) is 0 Å². The molecular weight excluding hydrogens is 344 g/mol. The average molecular weight is 358 g/mol. The molecular formula is C18H14N8O. The second kappa shape index (κ2) is 5.84. The van der Waals surface area contributed by atoms with Gasteiger partial charge >= 0.3 is 0 Å². The molecule has 5 rings (SSSR count). The number of hydrogen-bond acceptors (Lipinski definition) is 7. The SMILES string of the molecule is Cc1cccc(-n2ncc3c(Oc4cc(C)nc5ncnn45)ncnc32)c1. The van der Waals surface area contributed by atoms with Crippen molar-refractivity contribution in [1.29, 1.82) is 0 Å². The number of rotatable bonds is 3. The molecule has 0 amide bonds. The lowest BCUT2D eigenvalue weighted by molar-refractivity contribution is 0.433. The van der Waals surface area contributed by atoms with E-state index >= 15 is 0 Å². The van der Waals surface area contributed by atoms with Gasteiger partial charge in [-0.25, -0.2) is 19.6 Å². The van der Waals surface area contributed by atoms with Crippen LogP contribution in [0.5, 0.6) is 11.8 Å². The van der Waals surface area contributed by atoms with Gasteiger partial charge in [0, 0.05) is 11.8 Å². The van der Waals surface area contributed by atoms with Gasteiger partial charge in [0.1, 0.15) is 18.0 Å². The molecule has 0 aliphatic heterocycles. The minimum absolute atomic E-state index is 0.390. The Morgan fingerprint density at radius 3 is 2.78 bits per heavy atom. The van der Waals surface area contributed by atoms with Crippen molar-refractivity contribution in [2.24, 2.45) is 0 Å². The molecule has 0 bridgehead atoms. The highest BCUT2D eigenvalue weighted by molar-refractivity contribution is 5.81. The third-order valence-electron chi connectivity index (χ3n) is 4.12. The number of ether oxygens (including phenoxy) is 1. The molecule has 0 aliphatic rings. The lowest BCUT2D eigenvalue weighted by Crippen LogP contribution is -2.01. The predicted octanol–water partition coefficient (Wildman–Crippen LogP) is 2.66. The molecule has 5 aromatic rings. The van der Waals surface area contributed by atoms with Crippen molar-refractivity contribution in [1.82, 2.24) is 39.3 Å². The molecule has 0 atom stereocenters. The van der Waals surface area contributed by atoms with Gasteiger partial charge in [0.15, 0.2) is 5.65 Å². The standard InChI is InChI=1S/C18H14N8O/c1-11-4-3-5-13(6-11)25-16-14(8-22-25)17(20-9-19-16)27-15-7-12(2)24-18-21-10-23-26(15)18/h3-10H,1-2H3. The zero-order valence-electron chi connectivity index (χ0n) is 14.6. The highest BCUT2D eigenvalue weighted by Gasteiger charge is 2.15. The van der Waals surface area contributed by atoms with E-state index in [2.05, 4.69) is 30.1 Å². The summed E-state index contributed by atoms with van der Waals surface area (Å²) in [5.41, 5.74) is 3.49. The second-order valence-corrected chi connectivity index (χ2v) is 6.12. The number of fused-ring (bicyclic) bond motifs is 2. The lowest BCUT2D eigenvalue weighted by Gasteiger charge is -2.08. The van der Waals surface area contributed by atoms with E-state index < -0.39 is 0 Å². The second-order valence-electron chi connectivity index (χ2n) is 6.12. The van der Waals surface area contributed by atoms with Crippen LogP contribution in [-0.4, -0.2) is 39.3 Å². The van der Waals surface area contributed by atoms with E-state index in [0.717, 1.165) is 16.9 Å². The summed E-state index contributed by atoms with van der Waals surface area (Å²) < 4.78 is 9.32. The van der Waals surface area contributed by atoms with Crippen molar-refractivity contribution >= 4 is 16.8 Å². The highest BCUT2D eigenvalue weighted by atomic mass is 16.5. The van der Waals surface area contributed by atoms with Crippen LogP contribution < -0.4 is 4.74 Å². The maximum absolute atomic E-state index is 6.03. The molecule has 0 aliphatic carbocycles. The molecule has 1 aromatic carbocycles. The summed E-state index contributed by atoms with van der Waals surface area (Å²) in [4.78, 5) is 17.1. The minimum atomic E-state index is 0.390. The van der Waals surface area contributed by atoms with Crippen molar-refractivity contribution in [2.75, 3.05) is 0 Å². The van der Waals surface area contributed by atoms with Gasteiger partial charge in [-0.1, -0.05) is 12.1 Å². The first-order chi connectivity index (χ1) is 13.2. The summed E-state index contributed by atoms with van der Waals surface area (Å²) in [6.45, 7) is 3.90. The Labute approximate surface area is 153 Å². The zero-order valence-corrected chi connectivity index (χ0v) is 14.6. The van der Waals surface area contributed by atoms with E-state index in [0.29, 0.717) is 28.6 Å². The Hall–Kier alpha value is -3.88. The molecule has 0 fully saturated rings. The van der Waals surface area contributed by atoms with Crippen molar-refractivity contribution < 1.29 is 4.74 Å². The van der Waals surface area contributed by atoms with E-state index in [1.807, 2.05) is 38.1 Å². The van der Waals surface area contributed by atoms with Crippen LogP contribution in [0.4, 0.5) is 0 Å². The molecule has 0 radical (unpaired) electrons. The van der Waals surface area contributed by atoms with Crippen LogP contribution in [0.1, 0.15) is 11.3 Å². The van der Waals surface area contributed by atoms with Crippen LogP contribution in [-0.2, 0) is 0 Å². The summed E-state index contributed by atoms with van der Waals surface area (Å²) in [7, 11) is 0. The maximum Gasteiger partial charge on any atom is 0.255 e. The van der Waals surface area contributed by atoms with E-state index in [9.17, 15) is 0 Å². The Bertz CT molecular complexity index is 1290. The van der Waals surface area contributed by atoms with Gasteiger partial charge in [-0.15, -0.1) is 0 Å². The molecule has 0 saturated carbocycles. The summed E-state index contributed by atoms with van der Waals surface area (Å²) >= 11 is 0. The molecule has 4 aromatic heterocycles. The van der Waals surface area contributed by atoms with Gasteiger partial charge in [-0.3, -0.25) is 0 Å². The highest BCUT2D eigenvalue weighted by Crippen LogP contribution is 2.28. The van der Waals surface area contributed by atoms with Crippen molar-refractivity contribution in [2.45, 2.75) is 13.8 Å². The fraction of sp³-hybridized carbons (Fsp3) is 0.111. The number of aromatic nitrogens is 8. The van der Waals surface area contributed by atoms with Crippen LogP contribution >= 0.6 is 0 Å². The molecule has 0 unspecified atom stereocenters. The summed E-state index contributed by atoms with van der Waals surface area (Å²) in [6.07, 6.45) is 4.58. The van der Waals surface area contributed by atoms with Gasteiger partial charge in [0.2, 0.25) is 11.8 Å². The topological polar surface area (TPSA) is 95.9 Å². The number of benzene rings is 1. The predicted molar refractivity (Wildman–Crippen MR) is 97.0 cm³/mol. The largest absolute Gasteiger partial charge is 0.420 e. The molecule has 132 valence electrons. The van der Waals surface area contributed by atoms with Gasteiger partial charge in [0.25, 0.3) is 5.78 Å². The number of nitrogens with zero attached hydrogens (tertiary/aromatic N) is 8. The fourth-order valence-corrected chi connectivity index (χ4v) is 2.92. The average Bonchev–Trinajstić information content (AvgIpc) is 3.29. The van der Waals surface area contributed by atoms with Gasteiger partial charge < -0.3 is 4.74 Å². The first kappa shape index (κ1) is 15.4. The van der Waals surface area contributed by atoms with Crippen molar-refractivity contribution in [3.63, 3.8) is 0 Å². The Morgan fingerprint density at radius 2 is 1.89 bits per heavy atom.